The standard InChI is InChI=1S/C17H23N3O4S2/c1-25-10-8-14(17(21)18-11-12-5-4-9-24-12)19-16-13-6-2-3-7-15(13)26(22,23)20-16/h2-3,6-7,12,14H,4-5,8-11H2,1H3,(H,18,21)(H,19,20). The van der Waals surface area contributed by atoms with Crippen LogP contribution < -0.4 is 10.0 Å². The number of nitrogens with one attached hydrogen (secondary N) is 2. The van der Waals surface area contributed by atoms with Gasteiger partial charge in [0.2, 0.25) is 5.91 Å². The fourth-order valence-electron chi connectivity index (χ4n) is 3.01. The van der Waals surface area contributed by atoms with E-state index in [1.54, 1.807) is 30.0 Å². The van der Waals surface area contributed by atoms with Crippen LogP contribution in [0.15, 0.2) is 34.2 Å². The first kappa shape index (κ1) is 19.2. The van der Waals surface area contributed by atoms with Gasteiger partial charge in [-0.1, -0.05) is 12.1 Å². The van der Waals surface area contributed by atoms with Crippen LogP contribution in [0.4, 0.5) is 0 Å². The number of amides is 1. The Morgan fingerprint density at radius 3 is 3.00 bits per heavy atom. The van der Waals surface area contributed by atoms with E-state index in [9.17, 15) is 13.2 Å². The average Bonchev–Trinajstić information content (AvgIpc) is 3.23. The molecule has 2 N–H and O–H groups in total. The molecule has 1 aromatic carbocycles. The summed E-state index contributed by atoms with van der Waals surface area (Å²) >= 11 is 1.62. The highest BCUT2D eigenvalue weighted by Crippen LogP contribution is 2.23. The molecule has 0 saturated carbocycles. The van der Waals surface area contributed by atoms with Crippen molar-refractivity contribution in [3.05, 3.63) is 29.8 Å². The van der Waals surface area contributed by atoms with Crippen molar-refractivity contribution in [1.29, 1.82) is 0 Å². The first-order chi connectivity index (χ1) is 12.5. The van der Waals surface area contributed by atoms with Gasteiger partial charge in [-0.05, 0) is 43.4 Å². The Hall–Kier alpha value is -1.58. The molecule has 1 aromatic rings. The zero-order chi connectivity index (χ0) is 18.6. The van der Waals surface area contributed by atoms with Gasteiger partial charge in [-0.3, -0.25) is 14.5 Å². The van der Waals surface area contributed by atoms with E-state index in [1.807, 2.05) is 6.26 Å². The number of carbonyl (C=O) groups excluding carboxylic acids is 1. The van der Waals surface area contributed by atoms with Gasteiger partial charge in [0.1, 0.15) is 11.9 Å². The van der Waals surface area contributed by atoms with E-state index in [4.69, 9.17) is 4.74 Å². The zero-order valence-electron chi connectivity index (χ0n) is 14.6. The third-order valence-electron chi connectivity index (χ3n) is 4.37. The van der Waals surface area contributed by atoms with Crippen molar-refractivity contribution in [3.8, 4) is 0 Å². The van der Waals surface area contributed by atoms with Gasteiger partial charge < -0.3 is 10.1 Å². The summed E-state index contributed by atoms with van der Waals surface area (Å²) in [7, 11) is -3.61. The average molecular weight is 398 g/mol. The molecular weight excluding hydrogens is 374 g/mol. The molecule has 142 valence electrons. The van der Waals surface area contributed by atoms with Crippen molar-refractivity contribution in [2.75, 3.05) is 25.2 Å². The van der Waals surface area contributed by atoms with Crippen molar-refractivity contribution >= 4 is 33.5 Å². The summed E-state index contributed by atoms with van der Waals surface area (Å²) in [6, 6.07) is 6.01. The molecule has 2 heterocycles. The second kappa shape index (κ2) is 8.41. The number of fused-ring (bicyclic) bond motifs is 1. The molecule has 0 aromatic heterocycles. The molecule has 0 aliphatic carbocycles. The third-order valence-corrected chi connectivity index (χ3v) is 6.41. The molecule has 9 heteroatoms. The molecule has 0 radical (unpaired) electrons. The van der Waals surface area contributed by atoms with Gasteiger partial charge in [-0.15, -0.1) is 0 Å². The van der Waals surface area contributed by atoms with E-state index in [-0.39, 0.29) is 22.7 Å². The van der Waals surface area contributed by atoms with Gasteiger partial charge in [-0.25, -0.2) is 8.42 Å². The number of sulfonamides is 1. The van der Waals surface area contributed by atoms with E-state index in [0.29, 0.717) is 18.5 Å². The number of rotatable bonds is 7. The summed E-state index contributed by atoms with van der Waals surface area (Å²) in [5, 5.41) is 2.89. The molecule has 1 amide bonds. The SMILES string of the molecule is CSCCC(N=C1NS(=O)(=O)c2ccccc21)C(=O)NCC1CCCO1. The largest absolute Gasteiger partial charge is 0.376 e. The predicted molar refractivity (Wildman–Crippen MR) is 102 cm³/mol. The summed E-state index contributed by atoms with van der Waals surface area (Å²) in [6.45, 7) is 1.19. The molecule has 2 atom stereocenters. The maximum atomic E-state index is 12.6. The van der Waals surface area contributed by atoms with Gasteiger partial charge >= 0.3 is 0 Å². The molecule has 0 bridgehead atoms. The van der Waals surface area contributed by atoms with Crippen LogP contribution in [0.5, 0.6) is 0 Å². The molecule has 2 aliphatic heterocycles. The van der Waals surface area contributed by atoms with Crippen LogP contribution in [-0.2, 0) is 19.6 Å². The molecule has 0 spiro atoms. The number of hydrogen-bond acceptors (Lipinski definition) is 6. The van der Waals surface area contributed by atoms with Crippen molar-refractivity contribution < 1.29 is 17.9 Å². The van der Waals surface area contributed by atoms with Gasteiger partial charge in [0.15, 0.2) is 0 Å². The Morgan fingerprint density at radius 2 is 2.27 bits per heavy atom. The molecular formula is C17H23N3O4S2. The number of thioether (sulfide) groups is 1. The van der Waals surface area contributed by atoms with Gasteiger partial charge in [0, 0.05) is 18.7 Å². The highest BCUT2D eigenvalue weighted by atomic mass is 32.2. The molecule has 3 rings (SSSR count). The number of carbonyl (C=O) groups is 1. The van der Waals surface area contributed by atoms with Crippen LogP contribution in [0.2, 0.25) is 0 Å². The lowest BCUT2D eigenvalue weighted by atomic mass is 10.1. The van der Waals surface area contributed by atoms with E-state index in [2.05, 4.69) is 15.0 Å². The number of amidine groups is 1. The van der Waals surface area contributed by atoms with E-state index < -0.39 is 16.1 Å². The second-order valence-corrected chi connectivity index (χ2v) is 8.89. The minimum absolute atomic E-state index is 0.0542. The van der Waals surface area contributed by atoms with Gasteiger partial charge in [0.05, 0.1) is 11.0 Å². The normalized spacial score (nSPS) is 23.4. The van der Waals surface area contributed by atoms with Crippen molar-refractivity contribution in [3.63, 3.8) is 0 Å². The van der Waals surface area contributed by atoms with Crippen LogP contribution in [-0.4, -0.2) is 57.5 Å². The smallest absolute Gasteiger partial charge is 0.263 e. The van der Waals surface area contributed by atoms with E-state index in [0.717, 1.165) is 25.2 Å². The van der Waals surface area contributed by atoms with Crippen LogP contribution in [0.1, 0.15) is 24.8 Å². The summed E-state index contributed by atoms with van der Waals surface area (Å²) < 4.78 is 32.4. The summed E-state index contributed by atoms with van der Waals surface area (Å²) in [5.74, 6) is 0.785. The first-order valence-corrected chi connectivity index (χ1v) is 11.5. The van der Waals surface area contributed by atoms with Crippen LogP contribution in [0, 0.1) is 0 Å². The lowest BCUT2D eigenvalue weighted by Crippen LogP contribution is -2.39. The van der Waals surface area contributed by atoms with Crippen molar-refractivity contribution in [1.82, 2.24) is 10.0 Å². The zero-order valence-corrected chi connectivity index (χ0v) is 16.2. The highest BCUT2D eigenvalue weighted by Gasteiger charge is 2.32. The van der Waals surface area contributed by atoms with Crippen molar-refractivity contribution in [2.24, 2.45) is 4.99 Å². The second-order valence-electron chi connectivity index (χ2n) is 6.26. The molecule has 7 nitrogen and oxygen atoms in total. The number of hydrogen-bond donors (Lipinski definition) is 2. The van der Waals surface area contributed by atoms with Crippen molar-refractivity contribution in [2.45, 2.75) is 36.3 Å². The Balaban J connectivity index is 1.77. The van der Waals surface area contributed by atoms with E-state index in [1.165, 1.54) is 6.07 Å². The number of aliphatic imine (C=N–C) groups is 1. The number of ether oxygens (including phenoxy) is 1. The molecule has 2 unspecified atom stereocenters. The quantitative estimate of drug-likeness (QED) is 0.719. The van der Waals surface area contributed by atoms with Gasteiger partial charge in [0.25, 0.3) is 10.0 Å². The number of benzene rings is 1. The lowest BCUT2D eigenvalue weighted by Gasteiger charge is -2.16. The Bertz CT molecular complexity index is 789. The Morgan fingerprint density at radius 1 is 1.46 bits per heavy atom. The maximum Gasteiger partial charge on any atom is 0.263 e. The van der Waals surface area contributed by atoms with Crippen LogP contribution in [0.3, 0.4) is 0 Å². The lowest BCUT2D eigenvalue weighted by molar-refractivity contribution is -0.122. The Kier molecular flexibility index (Phi) is 6.20. The van der Waals surface area contributed by atoms with Crippen LogP contribution >= 0.6 is 11.8 Å². The predicted octanol–water partition coefficient (Wildman–Crippen LogP) is 1.14. The molecule has 1 fully saturated rings. The highest BCUT2D eigenvalue weighted by molar-refractivity contribution is 7.98. The molecule has 2 aliphatic rings. The Labute approximate surface area is 158 Å². The fraction of sp³-hybridized carbons (Fsp3) is 0.529. The monoisotopic (exact) mass is 397 g/mol. The molecule has 26 heavy (non-hydrogen) atoms. The summed E-state index contributed by atoms with van der Waals surface area (Å²) in [4.78, 5) is 17.3. The molecule has 1 saturated heterocycles. The van der Waals surface area contributed by atoms with E-state index >= 15 is 0 Å². The van der Waals surface area contributed by atoms with Gasteiger partial charge in [-0.2, -0.15) is 11.8 Å². The van der Waals surface area contributed by atoms with Crippen LogP contribution in [0.25, 0.3) is 0 Å². The summed E-state index contributed by atoms with van der Waals surface area (Å²) in [6.07, 6.45) is 4.50. The fourth-order valence-corrected chi connectivity index (χ4v) is 4.70. The maximum absolute atomic E-state index is 12.6. The number of nitrogens with zero attached hydrogens (tertiary/aromatic N) is 1. The third kappa shape index (κ3) is 4.39. The minimum atomic E-state index is -3.61. The summed E-state index contributed by atoms with van der Waals surface area (Å²) in [5.41, 5.74) is 0.508. The first-order valence-electron chi connectivity index (χ1n) is 8.59. The topological polar surface area (TPSA) is 96.9 Å². The minimum Gasteiger partial charge on any atom is -0.376 e.